The second-order valence-electron chi connectivity index (χ2n) is 8.10. The van der Waals surface area contributed by atoms with Crippen LogP contribution in [0.3, 0.4) is 0 Å². The predicted molar refractivity (Wildman–Crippen MR) is 126 cm³/mol. The number of halogens is 1. The van der Waals surface area contributed by atoms with Gasteiger partial charge < -0.3 is 14.2 Å². The summed E-state index contributed by atoms with van der Waals surface area (Å²) in [6, 6.07) is 7.32. The zero-order chi connectivity index (χ0) is 23.0. The molecule has 9 nitrogen and oxygen atoms in total. The lowest BCUT2D eigenvalue weighted by Gasteiger charge is -2.27. The lowest BCUT2D eigenvalue weighted by atomic mass is 10.0. The van der Waals surface area contributed by atoms with E-state index in [0.29, 0.717) is 31.0 Å². The highest BCUT2D eigenvalue weighted by atomic mass is 127. The lowest BCUT2D eigenvalue weighted by molar-refractivity contribution is -0.123. The van der Waals surface area contributed by atoms with E-state index in [1.807, 2.05) is 31.2 Å². The average molecular weight is 549 g/mol. The molecule has 2 aromatic heterocycles. The van der Waals surface area contributed by atoms with E-state index < -0.39 is 5.54 Å². The zero-order valence-corrected chi connectivity index (χ0v) is 20.5. The van der Waals surface area contributed by atoms with Crippen molar-refractivity contribution >= 4 is 40.2 Å². The number of hydrogen-bond donors (Lipinski definition) is 0. The molecular weight excluding hydrogens is 525 g/mol. The first kappa shape index (κ1) is 22.3. The minimum Gasteiger partial charge on any atom is -0.496 e. The van der Waals surface area contributed by atoms with Gasteiger partial charge in [0.1, 0.15) is 20.7 Å². The van der Waals surface area contributed by atoms with Crippen molar-refractivity contribution in [3.63, 3.8) is 0 Å². The standard InChI is InChI=1S/C22H24IN5O4/c1-14-17(19(23)25-32-14)13-26-12-16(11-24-26)28-20(29)22(2,3)27(21(28)30)10-9-15-7-5-6-8-18(15)31-4/h5-8,11-12H,9-10,13H2,1-4H3. The molecule has 0 aliphatic carbocycles. The van der Waals surface area contributed by atoms with Crippen LogP contribution in [0, 0.1) is 10.6 Å². The molecule has 1 aliphatic heterocycles. The summed E-state index contributed by atoms with van der Waals surface area (Å²) in [5.74, 6) is 1.20. The van der Waals surface area contributed by atoms with Crippen LogP contribution in [0.25, 0.3) is 0 Å². The van der Waals surface area contributed by atoms with Crippen LogP contribution in [0.5, 0.6) is 5.75 Å². The van der Waals surface area contributed by atoms with Gasteiger partial charge >= 0.3 is 6.03 Å². The first-order chi connectivity index (χ1) is 15.2. The number of hydrogen-bond acceptors (Lipinski definition) is 6. The van der Waals surface area contributed by atoms with Gasteiger partial charge in [-0.1, -0.05) is 23.4 Å². The largest absolute Gasteiger partial charge is 0.496 e. The summed E-state index contributed by atoms with van der Waals surface area (Å²) in [5.41, 5.74) is 1.37. The Morgan fingerprint density at radius 1 is 1.22 bits per heavy atom. The summed E-state index contributed by atoms with van der Waals surface area (Å²) < 4.78 is 13.0. The molecule has 3 heterocycles. The number of rotatable bonds is 7. The molecule has 3 aromatic rings. The van der Waals surface area contributed by atoms with Gasteiger partial charge in [-0.3, -0.25) is 9.48 Å². The van der Waals surface area contributed by atoms with Gasteiger partial charge in [-0.2, -0.15) is 5.10 Å². The number of aryl methyl sites for hydroxylation is 1. The van der Waals surface area contributed by atoms with Crippen molar-refractivity contribution in [2.75, 3.05) is 18.6 Å². The molecule has 0 saturated carbocycles. The topological polar surface area (TPSA) is 93.7 Å². The Morgan fingerprint density at radius 2 is 1.97 bits per heavy atom. The summed E-state index contributed by atoms with van der Waals surface area (Å²) in [6.45, 7) is 6.20. The molecule has 168 valence electrons. The fourth-order valence-electron chi connectivity index (χ4n) is 3.84. The first-order valence-electron chi connectivity index (χ1n) is 10.1. The quantitative estimate of drug-likeness (QED) is 0.330. The van der Waals surface area contributed by atoms with Gasteiger partial charge in [0, 0.05) is 18.3 Å². The van der Waals surface area contributed by atoms with E-state index >= 15 is 0 Å². The monoisotopic (exact) mass is 549 g/mol. The van der Waals surface area contributed by atoms with Crippen LogP contribution in [0.1, 0.15) is 30.7 Å². The minimum atomic E-state index is -0.971. The Labute approximate surface area is 199 Å². The van der Waals surface area contributed by atoms with E-state index in [9.17, 15) is 9.59 Å². The molecule has 0 N–H and O–H groups in total. The van der Waals surface area contributed by atoms with Crippen LogP contribution in [-0.2, 0) is 17.8 Å². The normalized spacial score (nSPS) is 15.7. The molecule has 1 aliphatic rings. The number of amides is 3. The van der Waals surface area contributed by atoms with Crippen LogP contribution >= 0.6 is 22.6 Å². The van der Waals surface area contributed by atoms with Crippen molar-refractivity contribution < 1.29 is 18.8 Å². The van der Waals surface area contributed by atoms with E-state index in [1.165, 1.54) is 11.1 Å². The number of methoxy groups -OCH3 is 1. The highest BCUT2D eigenvalue weighted by Crippen LogP contribution is 2.32. The summed E-state index contributed by atoms with van der Waals surface area (Å²) in [4.78, 5) is 29.3. The maximum Gasteiger partial charge on any atom is 0.332 e. The SMILES string of the molecule is COc1ccccc1CCN1C(=O)N(c2cnn(Cc3c(I)noc3C)c2)C(=O)C1(C)C. The number of nitrogens with zero attached hydrogens (tertiary/aromatic N) is 5. The Balaban J connectivity index is 1.54. The number of anilines is 1. The molecule has 3 amide bonds. The number of imide groups is 1. The molecule has 4 rings (SSSR count). The second-order valence-corrected chi connectivity index (χ2v) is 9.12. The van der Waals surface area contributed by atoms with E-state index in [1.54, 1.807) is 36.7 Å². The third-order valence-corrected chi connectivity index (χ3v) is 6.60. The van der Waals surface area contributed by atoms with Crippen LogP contribution in [0.4, 0.5) is 10.5 Å². The predicted octanol–water partition coefficient (Wildman–Crippen LogP) is 3.63. The molecular formula is C22H24IN5O4. The Morgan fingerprint density at radius 3 is 2.66 bits per heavy atom. The van der Waals surface area contributed by atoms with E-state index in [-0.39, 0.29) is 11.9 Å². The van der Waals surface area contributed by atoms with E-state index in [2.05, 4.69) is 32.8 Å². The van der Waals surface area contributed by atoms with E-state index in [0.717, 1.165) is 20.6 Å². The van der Waals surface area contributed by atoms with Gasteiger partial charge in [-0.05, 0) is 61.4 Å². The van der Waals surface area contributed by atoms with Crippen molar-refractivity contribution in [1.82, 2.24) is 19.8 Å². The van der Waals surface area contributed by atoms with Crippen LogP contribution in [0.2, 0.25) is 0 Å². The molecule has 0 unspecified atom stereocenters. The van der Waals surface area contributed by atoms with Gasteiger partial charge in [0.15, 0.2) is 0 Å². The van der Waals surface area contributed by atoms with Crippen molar-refractivity contribution in [2.45, 2.75) is 39.3 Å². The van der Waals surface area contributed by atoms with Crippen molar-refractivity contribution in [3.8, 4) is 5.75 Å². The Bertz CT molecular complexity index is 1150. The maximum absolute atomic E-state index is 13.3. The number of urea groups is 1. The highest BCUT2D eigenvalue weighted by molar-refractivity contribution is 14.1. The molecule has 32 heavy (non-hydrogen) atoms. The summed E-state index contributed by atoms with van der Waals surface area (Å²) >= 11 is 2.11. The van der Waals surface area contributed by atoms with E-state index in [4.69, 9.17) is 9.26 Å². The molecule has 1 aromatic carbocycles. The van der Waals surface area contributed by atoms with Gasteiger partial charge in [-0.15, -0.1) is 0 Å². The Kier molecular flexibility index (Phi) is 5.97. The number of aromatic nitrogens is 3. The average Bonchev–Trinajstić information content (AvgIpc) is 3.40. The third kappa shape index (κ3) is 3.87. The minimum absolute atomic E-state index is 0.280. The number of benzene rings is 1. The summed E-state index contributed by atoms with van der Waals surface area (Å²) in [5, 5.41) is 8.28. The number of carbonyl (C=O) groups is 2. The second kappa shape index (κ2) is 8.57. The molecule has 0 radical (unpaired) electrons. The van der Waals surface area contributed by atoms with Crippen molar-refractivity contribution in [1.29, 1.82) is 0 Å². The third-order valence-electron chi connectivity index (χ3n) is 5.76. The number of ether oxygens (including phenoxy) is 1. The molecule has 10 heteroatoms. The smallest absolute Gasteiger partial charge is 0.332 e. The van der Waals surface area contributed by atoms with Gasteiger partial charge in [0.2, 0.25) is 0 Å². The fraction of sp³-hybridized carbons (Fsp3) is 0.364. The summed E-state index contributed by atoms with van der Waals surface area (Å²) in [6.07, 6.45) is 3.80. The molecule has 0 atom stereocenters. The fourth-order valence-corrected chi connectivity index (χ4v) is 4.49. The summed E-state index contributed by atoms with van der Waals surface area (Å²) in [7, 11) is 1.62. The van der Waals surface area contributed by atoms with Crippen LogP contribution in [-0.4, -0.2) is 51.0 Å². The molecule has 1 fully saturated rings. The molecule has 0 bridgehead atoms. The lowest BCUT2D eigenvalue weighted by Crippen LogP contribution is -2.45. The van der Waals surface area contributed by atoms with Crippen LogP contribution < -0.4 is 9.64 Å². The highest BCUT2D eigenvalue weighted by Gasteiger charge is 2.51. The van der Waals surface area contributed by atoms with Gasteiger partial charge in [0.05, 0.1) is 25.5 Å². The molecule has 1 saturated heterocycles. The maximum atomic E-state index is 13.3. The van der Waals surface area contributed by atoms with Crippen molar-refractivity contribution in [2.24, 2.45) is 0 Å². The van der Waals surface area contributed by atoms with Crippen molar-refractivity contribution in [3.05, 3.63) is 57.2 Å². The first-order valence-corrected chi connectivity index (χ1v) is 11.2. The van der Waals surface area contributed by atoms with Crippen LogP contribution in [0.15, 0.2) is 41.2 Å². The number of para-hydroxylation sites is 1. The van der Waals surface area contributed by atoms with Gasteiger partial charge in [-0.25, -0.2) is 9.69 Å². The molecule has 0 spiro atoms. The Hall–Kier alpha value is -2.89. The van der Waals surface area contributed by atoms with Gasteiger partial charge in [0.25, 0.3) is 5.91 Å². The number of carbonyl (C=O) groups excluding carboxylic acids is 2. The zero-order valence-electron chi connectivity index (χ0n) is 18.3.